The molecule has 0 fully saturated rings. The van der Waals surface area contributed by atoms with Crippen LogP contribution in [0.2, 0.25) is 0 Å². The quantitative estimate of drug-likeness (QED) is 0.560. The number of aryl methyl sites for hydroxylation is 1. The zero-order valence-corrected chi connectivity index (χ0v) is 13.2. The molecule has 0 bridgehead atoms. The Kier molecular flexibility index (Phi) is 6.20. The van der Waals surface area contributed by atoms with Crippen LogP contribution in [0.15, 0.2) is 36.4 Å². The van der Waals surface area contributed by atoms with Crippen LogP contribution in [0.4, 0.5) is 20.2 Å². The largest absolute Gasteiger partial charge is 0.491 e. The summed E-state index contributed by atoms with van der Waals surface area (Å²) >= 11 is 0. The highest BCUT2D eigenvalue weighted by atomic mass is 19.1. The summed E-state index contributed by atoms with van der Waals surface area (Å²) in [5, 5.41) is 2.97. The molecule has 0 aliphatic rings. The summed E-state index contributed by atoms with van der Waals surface area (Å²) in [5.74, 6) is -0.442. The van der Waals surface area contributed by atoms with E-state index in [1.54, 1.807) is 0 Å². The van der Waals surface area contributed by atoms with Gasteiger partial charge in [0.05, 0.1) is 18.0 Å². The van der Waals surface area contributed by atoms with Crippen molar-refractivity contribution in [2.24, 2.45) is 0 Å². The SMILES string of the molecule is CCCOc1ccc(CCCNc2ccc(F)cc2F)cc1N. The highest BCUT2D eigenvalue weighted by molar-refractivity contribution is 5.54. The molecular formula is C18H22F2N2O. The molecule has 3 N–H and O–H groups in total. The molecule has 0 unspecified atom stereocenters. The molecule has 2 aromatic carbocycles. The number of hydrogen-bond donors (Lipinski definition) is 2. The molecule has 0 saturated heterocycles. The van der Waals surface area contributed by atoms with Crippen LogP contribution in [0.5, 0.6) is 5.75 Å². The molecule has 124 valence electrons. The lowest BCUT2D eigenvalue weighted by atomic mass is 10.1. The van der Waals surface area contributed by atoms with E-state index in [1.165, 1.54) is 12.1 Å². The van der Waals surface area contributed by atoms with E-state index >= 15 is 0 Å². The minimum absolute atomic E-state index is 0.314. The van der Waals surface area contributed by atoms with Gasteiger partial charge in [0.2, 0.25) is 0 Å². The fourth-order valence-electron chi connectivity index (χ4n) is 2.25. The van der Waals surface area contributed by atoms with Crippen LogP contribution >= 0.6 is 0 Å². The average molecular weight is 320 g/mol. The predicted molar refractivity (Wildman–Crippen MR) is 89.8 cm³/mol. The number of rotatable bonds is 8. The van der Waals surface area contributed by atoms with Crippen LogP contribution in [0.1, 0.15) is 25.3 Å². The van der Waals surface area contributed by atoms with Gasteiger partial charge in [0.1, 0.15) is 17.4 Å². The van der Waals surface area contributed by atoms with E-state index in [9.17, 15) is 8.78 Å². The molecule has 0 aromatic heterocycles. The fourth-order valence-corrected chi connectivity index (χ4v) is 2.25. The van der Waals surface area contributed by atoms with Crippen LogP contribution < -0.4 is 15.8 Å². The van der Waals surface area contributed by atoms with Crippen LogP contribution in [0, 0.1) is 11.6 Å². The van der Waals surface area contributed by atoms with Gasteiger partial charge < -0.3 is 15.8 Å². The normalized spacial score (nSPS) is 10.6. The summed E-state index contributed by atoms with van der Waals surface area (Å²) in [6.07, 6.45) is 2.56. The van der Waals surface area contributed by atoms with Crippen molar-refractivity contribution in [2.45, 2.75) is 26.2 Å². The molecular weight excluding hydrogens is 298 g/mol. The van der Waals surface area contributed by atoms with Gasteiger partial charge in [0.15, 0.2) is 0 Å². The molecule has 2 rings (SSSR count). The Hall–Kier alpha value is -2.30. The molecule has 0 spiro atoms. The van der Waals surface area contributed by atoms with Crippen molar-refractivity contribution in [1.29, 1.82) is 0 Å². The lowest BCUT2D eigenvalue weighted by molar-refractivity contribution is 0.319. The molecule has 0 aliphatic heterocycles. The highest BCUT2D eigenvalue weighted by Gasteiger charge is 2.04. The van der Waals surface area contributed by atoms with Crippen molar-refractivity contribution in [3.05, 3.63) is 53.6 Å². The van der Waals surface area contributed by atoms with Crippen LogP contribution in [0.3, 0.4) is 0 Å². The Bertz CT molecular complexity index is 647. The van der Waals surface area contributed by atoms with Gasteiger partial charge in [-0.25, -0.2) is 8.78 Å². The summed E-state index contributed by atoms with van der Waals surface area (Å²) in [5.41, 5.74) is 8.02. The summed E-state index contributed by atoms with van der Waals surface area (Å²) in [6.45, 7) is 3.29. The number of ether oxygens (including phenoxy) is 1. The van der Waals surface area contributed by atoms with Gasteiger partial charge in [-0.2, -0.15) is 0 Å². The number of hydrogen-bond acceptors (Lipinski definition) is 3. The third-order valence-corrected chi connectivity index (χ3v) is 3.42. The number of halogens is 2. The first kappa shape index (κ1) is 17.1. The van der Waals surface area contributed by atoms with Crippen molar-refractivity contribution < 1.29 is 13.5 Å². The first-order chi connectivity index (χ1) is 11.1. The molecule has 5 heteroatoms. The van der Waals surface area contributed by atoms with E-state index in [2.05, 4.69) is 5.32 Å². The predicted octanol–water partition coefficient (Wildman–Crippen LogP) is 4.38. The number of nitrogens with two attached hydrogens (primary N) is 1. The van der Waals surface area contributed by atoms with Crippen LogP contribution in [-0.4, -0.2) is 13.2 Å². The van der Waals surface area contributed by atoms with E-state index in [-0.39, 0.29) is 0 Å². The molecule has 0 saturated carbocycles. The molecule has 2 aromatic rings. The van der Waals surface area contributed by atoms with E-state index in [0.29, 0.717) is 30.3 Å². The number of nitrogens with one attached hydrogen (secondary N) is 1. The van der Waals surface area contributed by atoms with Gasteiger partial charge in [-0.1, -0.05) is 13.0 Å². The van der Waals surface area contributed by atoms with Gasteiger partial charge in [0, 0.05) is 12.6 Å². The zero-order valence-electron chi connectivity index (χ0n) is 13.2. The van der Waals surface area contributed by atoms with Crippen molar-refractivity contribution in [1.82, 2.24) is 0 Å². The second-order valence-electron chi connectivity index (χ2n) is 5.38. The summed E-state index contributed by atoms with van der Waals surface area (Å²) in [7, 11) is 0. The fraction of sp³-hybridized carbons (Fsp3) is 0.333. The molecule has 0 radical (unpaired) electrons. The minimum atomic E-state index is -0.577. The van der Waals surface area contributed by atoms with Gasteiger partial charge in [-0.05, 0) is 49.1 Å². The van der Waals surface area contributed by atoms with Gasteiger partial charge in [-0.3, -0.25) is 0 Å². The maximum atomic E-state index is 13.5. The van der Waals surface area contributed by atoms with Crippen LogP contribution in [-0.2, 0) is 6.42 Å². The second-order valence-corrected chi connectivity index (χ2v) is 5.38. The van der Waals surface area contributed by atoms with E-state index in [4.69, 9.17) is 10.5 Å². The lowest BCUT2D eigenvalue weighted by Crippen LogP contribution is -2.05. The van der Waals surface area contributed by atoms with Gasteiger partial charge in [0.25, 0.3) is 0 Å². The maximum Gasteiger partial charge on any atom is 0.149 e. The topological polar surface area (TPSA) is 47.3 Å². The molecule has 0 aliphatic carbocycles. The van der Waals surface area contributed by atoms with E-state index in [1.807, 2.05) is 25.1 Å². The Balaban J connectivity index is 1.81. The molecule has 23 heavy (non-hydrogen) atoms. The van der Waals surface area contributed by atoms with Crippen LogP contribution in [0.25, 0.3) is 0 Å². The monoisotopic (exact) mass is 320 g/mol. The highest BCUT2D eigenvalue weighted by Crippen LogP contribution is 2.23. The lowest BCUT2D eigenvalue weighted by Gasteiger charge is -2.10. The average Bonchev–Trinajstić information content (AvgIpc) is 2.52. The molecule has 0 heterocycles. The van der Waals surface area contributed by atoms with Crippen molar-refractivity contribution in [3.63, 3.8) is 0 Å². The van der Waals surface area contributed by atoms with E-state index in [0.717, 1.165) is 30.9 Å². The first-order valence-electron chi connectivity index (χ1n) is 7.80. The number of benzene rings is 2. The minimum Gasteiger partial charge on any atom is -0.491 e. The smallest absolute Gasteiger partial charge is 0.149 e. The number of anilines is 2. The van der Waals surface area contributed by atoms with Crippen molar-refractivity contribution >= 4 is 11.4 Å². The number of nitrogen functional groups attached to an aromatic ring is 1. The van der Waals surface area contributed by atoms with Crippen molar-refractivity contribution in [3.8, 4) is 5.75 Å². The zero-order chi connectivity index (χ0) is 16.7. The first-order valence-corrected chi connectivity index (χ1v) is 7.80. The third kappa shape index (κ3) is 5.13. The summed E-state index contributed by atoms with van der Waals surface area (Å²) in [6, 6.07) is 9.29. The Morgan fingerprint density at radius 2 is 1.96 bits per heavy atom. The standard InChI is InChI=1S/C18H22F2N2O/c1-2-10-23-18-8-5-13(11-16(18)21)4-3-9-22-17-7-6-14(19)12-15(17)20/h5-8,11-12,22H,2-4,9-10,21H2,1H3. The Labute approximate surface area is 135 Å². The molecule has 0 amide bonds. The second kappa shape index (κ2) is 8.36. The Morgan fingerprint density at radius 3 is 2.65 bits per heavy atom. The summed E-state index contributed by atoms with van der Waals surface area (Å²) in [4.78, 5) is 0. The third-order valence-electron chi connectivity index (χ3n) is 3.42. The van der Waals surface area contributed by atoms with Crippen molar-refractivity contribution in [2.75, 3.05) is 24.2 Å². The Morgan fingerprint density at radius 1 is 1.13 bits per heavy atom. The molecule has 3 nitrogen and oxygen atoms in total. The van der Waals surface area contributed by atoms with Gasteiger partial charge in [-0.15, -0.1) is 0 Å². The van der Waals surface area contributed by atoms with E-state index < -0.39 is 11.6 Å². The summed E-state index contributed by atoms with van der Waals surface area (Å²) < 4.78 is 31.8. The maximum absolute atomic E-state index is 13.5. The molecule has 0 atom stereocenters. The van der Waals surface area contributed by atoms with Gasteiger partial charge >= 0.3 is 0 Å².